The summed E-state index contributed by atoms with van der Waals surface area (Å²) in [6, 6.07) is 16.1. The van der Waals surface area contributed by atoms with Gasteiger partial charge in [-0.3, -0.25) is 14.9 Å². The summed E-state index contributed by atoms with van der Waals surface area (Å²) >= 11 is 0. The Bertz CT molecular complexity index is 1260. The molecule has 0 fully saturated rings. The summed E-state index contributed by atoms with van der Waals surface area (Å²) in [6.45, 7) is 1.90. The number of aryl methyl sites for hydroxylation is 1. The fourth-order valence-electron chi connectivity index (χ4n) is 3.67. The monoisotopic (exact) mass is 341 g/mol. The number of fused-ring (bicyclic) bond motifs is 2. The number of carbonyl (C=O) groups excluding carboxylic acids is 2. The van der Waals surface area contributed by atoms with Crippen molar-refractivity contribution in [3.63, 3.8) is 0 Å². The number of amides is 2. The molecule has 2 aromatic carbocycles. The lowest BCUT2D eigenvalue weighted by Crippen LogP contribution is -2.22. The van der Waals surface area contributed by atoms with Crippen LogP contribution in [0.3, 0.4) is 0 Å². The minimum atomic E-state index is -0.418. The first-order valence-corrected chi connectivity index (χ1v) is 8.21. The van der Waals surface area contributed by atoms with Gasteiger partial charge in [-0.25, -0.2) is 0 Å². The van der Waals surface area contributed by atoms with Gasteiger partial charge >= 0.3 is 0 Å². The Labute approximate surface area is 148 Å². The highest BCUT2D eigenvalue weighted by atomic mass is 16.3. The number of aromatic nitrogens is 1. The van der Waals surface area contributed by atoms with Crippen molar-refractivity contribution in [2.75, 3.05) is 0 Å². The van der Waals surface area contributed by atoms with Gasteiger partial charge in [0.15, 0.2) is 0 Å². The fraction of sp³-hybridized carbons (Fsp3) is 0.0476. The largest absolute Gasteiger partial charge is 0.464 e. The van der Waals surface area contributed by atoms with Gasteiger partial charge < -0.3 is 9.40 Å². The summed E-state index contributed by atoms with van der Waals surface area (Å²) in [5.74, 6) is -0.816. The molecule has 0 unspecified atom stereocenters. The van der Waals surface area contributed by atoms with Gasteiger partial charge in [-0.1, -0.05) is 24.3 Å². The maximum absolute atomic E-state index is 12.7. The van der Waals surface area contributed by atoms with Gasteiger partial charge in [0.1, 0.15) is 5.58 Å². The van der Waals surface area contributed by atoms with Gasteiger partial charge in [-0.2, -0.15) is 0 Å². The predicted octanol–water partition coefficient (Wildman–Crippen LogP) is 3.59. The van der Waals surface area contributed by atoms with Crippen molar-refractivity contribution >= 4 is 44.8 Å². The molecule has 1 radical (unpaired) electrons. The SMILES string of the molecule is Cc1[nH]c2ccccc2c1C1=C(c2cc[c]c3ccoc23)C(=O)NC1=O. The summed E-state index contributed by atoms with van der Waals surface area (Å²) < 4.78 is 5.56. The van der Waals surface area contributed by atoms with Crippen molar-refractivity contribution in [2.45, 2.75) is 6.92 Å². The van der Waals surface area contributed by atoms with Crippen LogP contribution < -0.4 is 5.32 Å². The van der Waals surface area contributed by atoms with E-state index < -0.39 is 11.8 Å². The summed E-state index contributed by atoms with van der Waals surface area (Å²) in [6.07, 6.45) is 1.55. The molecule has 3 heterocycles. The number of imide groups is 1. The predicted molar refractivity (Wildman–Crippen MR) is 98.0 cm³/mol. The number of rotatable bonds is 2. The van der Waals surface area contributed by atoms with Crippen molar-refractivity contribution < 1.29 is 14.0 Å². The lowest BCUT2D eigenvalue weighted by atomic mass is 9.93. The van der Waals surface area contributed by atoms with Gasteiger partial charge in [0, 0.05) is 33.1 Å². The third kappa shape index (κ3) is 1.91. The standard InChI is InChI=1S/C21H13N2O3/c1-11-16(13-6-2-3-8-15(13)22-11)18-17(20(24)23-21(18)25)14-7-4-5-12-9-10-26-19(12)14/h2-4,6-10,22H,1H3,(H,23,24,25). The van der Waals surface area contributed by atoms with E-state index in [2.05, 4.69) is 16.4 Å². The molecular formula is C21H13N2O3. The molecule has 2 N–H and O–H groups in total. The molecule has 2 aromatic heterocycles. The highest BCUT2D eigenvalue weighted by Crippen LogP contribution is 2.38. The number of hydrogen-bond acceptors (Lipinski definition) is 3. The fourth-order valence-corrected chi connectivity index (χ4v) is 3.67. The Morgan fingerprint density at radius 2 is 1.81 bits per heavy atom. The number of para-hydroxylation sites is 1. The van der Waals surface area contributed by atoms with Crippen molar-refractivity contribution in [3.05, 3.63) is 71.6 Å². The van der Waals surface area contributed by atoms with Crippen LogP contribution >= 0.6 is 0 Å². The number of benzene rings is 2. The first-order chi connectivity index (χ1) is 12.6. The second-order valence-electron chi connectivity index (χ2n) is 6.26. The van der Waals surface area contributed by atoms with Crippen molar-refractivity contribution in [2.24, 2.45) is 0 Å². The maximum atomic E-state index is 12.7. The molecule has 125 valence electrons. The molecule has 5 heteroatoms. The number of carbonyl (C=O) groups is 2. The van der Waals surface area contributed by atoms with Crippen LogP contribution in [0, 0.1) is 13.0 Å². The number of furan rings is 1. The molecule has 5 nitrogen and oxygen atoms in total. The van der Waals surface area contributed by atoms with E-state index in [1.165, 1.54) is 0 Å². The van der Waals surface area contributed by atoms with Crippen LogP contribution in [0.2, 0.25) is 0 Å². The zero-order chi connectivity index (χ0) is 17.8. The van der Waals surface area contributed by atoms with E-state index in [1.54, 1.807) is 24.5 Å². The minimum absolute atomic E-state index is 0.330. The number of aromatic amines is 1. The molecule has 1 aliphatic heterocycles. The molecule has 0 spiro atoms. The molecule has 4 aromatic rings. The van der Waals surface area contributed by atoms with Gasteiger partial charge in [0.25, 0.3) is 11.8 Å². The highest BCUT2D eigenvalue weighted by Gasteiger charge is 2.35. The Kier molecular flexibility index (Phi) is 2.94. The van der Waals surface area contributed by atoms with Crippen LogP contribution in [0.4, 0.5) is 0 Å². The van der Waals surface area contributed by atoms with E-state index in [1.807, 2.05) is 31.2 Å². The third-order valence-electron chi connectivity index (χ3n) is 4.74. The summed E-state index contributed by atoms with van der Waals surface area (Å²) in [5, 5.41) is 4.10. The third-order valence-corrected chi connectivity index (χ3v) is 4.74. The molecule has 0 bridgehead atoms. The van der Waals surface area contributed by atoms with E-state index in [-0.39, 0.29) is 0 Å². The molecule has 0 aliphatic carbocycles. The van der Waals surface area contributed by atoms with Crippen molar-refractivity contribution in [1.29, 1.82) is 0 Å². The average molecular weight is 341 g/mol. The highest BCUT2D eigenvalue weighted by molar-refractivity contribution is 6.50. The summed E-state index contributed by atoms with van der Waals surface area (Å²) in [5.41, 5.74) is 4.33. The van der Waals surface area contributed by atoms with Crippen LogP contribution in [-0.2, 0) is 9.59 Å². The summed E-state index contributed by atoms with van der Waals surface area (Å²) in [7, 11) is 0. The molecule has 1 aliphatic rings. The molecule has 0 saturated heterocycles. The Hall–Kier alpha value is -3.60. The molecule has 5 rings (SSSR count). The average Bonchev–Trinajstić information content (AvgIpc) is 3.29. The Balaban J connectivity index is 1.90. The lowest BCUT2D eigenvalue weighted by Gasteiger charge is -2.06. The second kappa shape index (κ2) is 5.20. The lowest BCUT2D eigenvalue weighted by molar-refractivity contribution is -0.122. The van der Waals surface area contributed by atoms with Gasteiger partial charge in [-0.05, 0) is 31.2 Å². The van der Waals surface area contributed by atoms with Gasteiger partial charge in [-0.15, -0.1) is 0 Å². The normalized spacial score (nSPS) is 14.7. The van der Waals surface area contributed by atoms with Crippen LogP contribution in [0.25, 0.3) is 33.0 Å². The number of H-pyrrole nitrogens is 1. The smallest absolute Gasteiger partial charge is 0.259 e. The molecule has 0 atom stereocenters. The van der Waals surface area contributed by atoms with Crippen LogP contribution in [-0.4, -0.2) is 16.8 Å². The number of nitrogens with one attached hydrogen (secondary N) is 2. The molecule has 2 amide bonds. The molecule has 26 heavy (non-hydrogen) atoms. The minimum Gasteiger partial charge on any atom is -0.464 e. The van der Waals surface area contributed by atoms with E-state index >= 15 is 0 Å². The topological polar surface area (TPSA) is 75.1 Å². The molecular weight excluding hydrogens is 328 g/mol. The first-order valence-electron chi connectivity index (χ1n) is 8.21. The number of hydrogen-bond donors (Lipinski definition) is 2. The first kappa shape index (κ1) is 14.7. The van der Waals surface area contributed by atoms with E-state index in [0.717, 1.165) is 27.5 Å². The van der Waals surface area contributed by atoms with Gasteiger partial charge in [0.05, 0.1) is 17.4 Å². The summed E-state index contributed by atoms with van der Waals surface area (Å²) in [4.78, 5) is 28.6. The van der Waals surface area contributed by atoms with E-state index in [0.29, 0.717) is 22.3 Å². The Morgan fingerprint density at radius 3 is 2.69 bits per heavy atom. The molecule has 0 saturated carbocycles. The van der Waals surface area contributed by atoms with Crippen LogP contribution in [0.5, 0.6) is 0 Å². The second-order valence-corrected chi connectivity index (χ2v) is 6.26. The van der Waals surface area contributed by atoms with Crippen LogP contribution in [0.15, 0.2) is 53.1 Å². The maximum Gasteiger partial charge on any atom is 0.259 e. The zero-order valence-electron chi connectivity index (χ0n) is 13.8. The van der Waals surface area contributed by atoms with E-state index in [9.17, 15) is 9.59 Å². The van der Waals surface area contributed by atoms with Crippen molar-refractivity contribution in [3.8, 4) is 0 Å². The van der Waals surface area contributed by atoms with E-state index in [4.69, 9.17) is 4.42 Å². The Morgan fingerprint density at radius 1 is 1.00 bits per heavy atom. The van der Waals surface area contributed by atoms with Gasteiger partial charge in [0.2, 0.25) is 0 Å². The quantitative estimate of drug-likeness (QED) is 0.547. The van der Waals surface area contributed by atoms with Crippen molar-refractivity contribution in [1.82, 2.24) is 10.3 Å². The zero-order valence-corrected chi connectivity index (χ0v) is 13.8. The van der Waals surface area contributed by atoms with Crippen LogP contribution in [0.1, 0.15) is 16.8 Å².